The molecule has 0 unspecified atom stereocenters. The summed E-state index contributed by atoms with van der Waals surface area (Å²) in [5, 5.41) is 0. The first-order valence-electron chi connectivity index (χ1n) is 5.05. The van der Waals surface area contributed by atoms with E-state index in [1.807, 2.05) is 0 Å². The SMILES string of the molecule is Nc1ccc(CS(=O)(=O)c2ccncc2)cc1. The zero-order valence-corrected chi connectivity index (χ0v) is 9.89. The Hall–Kier alpha value is -1.88. The Balaban J connectivity index is 2.27. The number of nitrogens with two attached hydrogens (primary N) is 1. The van der Waals surface area contributed by atoms with Crippen molar-refractivity contribution in [3.63, 3.8) is 0 Å². The zero-order chi connectivity index (χ0) is 12.3. The van der Waals surface area contributed by atoms with Crippen LogP contribution in [0.5, 0.6) is 0 Å². The summed E-state index contributed by atoms with van der Waals surface area (Å²) in [5.41, 5.74) is 6.88. The first-order chi connectivity index (χ1) is 8.08. The molecular formula is C12H12N2O2S. The molecule has 0 saturated heterocycles. The van der Waals surface area contributed by atoms with E-state index in [4.69, 9.17) is 5.73 Å². The van der Waals surface area contributed by atoms with Gasteiger partial charge in [0.2, 0.25) is 0 Å². The lowest BCUT2D eigenvalue weighted by Crippen LogP contribution is -2.05. The van der Waals surface area contributed by atoms with Crippen molar-refractivity contribution >= 4 is 15.5 Å². The number of hydrogen-bond acceptors (Lipinski definition) is 4. The Bertz CT molecular complexity index is 592. The molecule has 5 heteroatoms. The lowest BCUT2D eigenvalue weighted by molar-refractivity contribution is 0.595. The fourth-order valence-corrected chi connectivity index (χ4v) is 2.80. The molecule has 0 aliphatic heterocycles. The summed E-state index contributed by atoms with van der Waals surface area (Å²) in [6.45, 7) is 0. The number of benzene rings is 1. The third-order valence-electron chi connectivity index (χ3n) is 2.35. The van der Waals surface area contributed by atoms with Crippen LogP contribution in [0.4, 0.5) is 5.69 Å². The molecule has 0 spiro atoms. The summed E-state index contributed by atoms with van der Waals surface area (Å²) in [7, 11) is -3.31. The van der Waals surface area contributed by atoms with Crippen LogP contribution < -0.4 is 5.73 Å². The van der Waals surface area contributed by atoms with Crippen molar-refractivity contribution in [3.05, 3.63) is 54.4 Å². The Kier molecular flexibility index (Phi) is 3.10. The van der Waals surface area contributed by atoms with Crippen molar-refractivity contribution in [2.75, 3.05) is 5.73 Å². The van der Waals surface area contributed by atoms with E-state index in [0.29, 0.717) is 5.69 Å². The molecule has 2 N–H and O–H groups in total. The summed E-state index contributed by atoms with van der Waals surface area (Å²) in [5.74, 6) is -0.0305. The fourth-order valence-electron chi connectivity index (χ4n) is 1.46. The maximum absolute atomic E-state index is 12.0. The normalized spacial score (nSPS) is 11.3. The first-order valence-corrected chi connectivity index (χ1v) is 6.70. The van der Waals surface area contributed by atoms with Gasteiger partial charge in [-0.15, -0.1) is 0 Å². The van der Waals surface area contributed by atoms with E-state index in [1.165, 1.54) is 24.5 Å². The van der Waals surface area contributed by atoms with Crippen molar-refractivity contribution in [1.82, 2.24) is 4.98 Å². The maximum Gasteiger partial charge on any atom is 0.182 e. The Morgan fingerprint density at radius 2 is 1.59 bits per heavy atom. The van der Waals surface area contributed by atoms with Crippen molar-refractivity contribution in [2.24, 2.45) is 0 Å². The van der Waals surface area contributed by atoms with Crippen LogP contribution in [0.25, 0.3) is 0 Å². The summed E-state index contributed by atoms with van der Waals surface area (Å²) >= 11 is 0. The molecule has 2 aromatic rings. The second-order valence-corrected chi connectivity index (χ2v) is 5.67. The smallest absolute Gasteiger partial charge is 0.182 e. The summed E-state index contributed by atoms with van der Waals surface area (Å²) < 4.78 is 24.1. The van der Waals surface area contributed by atoms with Gasteiger partial charge in [0.25, 0.3) is 0 Å². The largest absolute Gasteiger partial charge is 0.399 e. The van der Waals surface area contributed by atoms with Crippen LogP contribution in [0.1, 0.15) is 5.56 Å². The minimum Gasteiger partial charge on any atom is -0.399 e. The van der Waals surface area contributed by atoms with Crippen molar-refractivity contribution in [2.45, 2.75) is 10.6 Å². The highest BCUT2D eigenvalue weighted by molar-refractivity contribution is 7.90. The molecule has 0 aliphatic carbocycles. The van der Waals surface area contributed by atoms with Crippen molar-refractivity contribution in [3.8, 4) is 0 Å². The molecule has 0 amide bonds. The Morgan fingerprint density at radius 3 is 2.18 bits per heavy atom. The molecule has 2 rings (SSSR count). The number of aromatic nitrogens is 1. The highest BCUT2D eigenvalue weighted by Gasteiger charge is 2.14. The van der Waals surface area contributed by atoms with Gasteiger partial charge in [0, 0.05) is 18.1 Å². The van der Waals surface area contributed by atoms with Gasteiger partial charge < -0.3 is 5.73 Å². The molecular weight excluding hydrogens is 236 g/mol. The zero-order valence-electron chi connectivity index (χ0n) is 9.08. The highest BCUT2D eigenvalue weighted by Crippen LogP contribution is 2.16. The third-order valence-corrected chi connectivity index (χ3v) is 4.05. The van der Waals surface area contributed by atoms with E-state index < -0.39 is 9.84 Å². The maximum atomic E-state index is 12.0. The molecule has 17 heavy (non-hydrogen) atoms. The summed E-state index contributed by atoms with van der Waals surface area (Å²) in [6.07, 6.45) is 2.94. The second kappa shape index (κ2) is 4.55. The van der Waals surface area contributed by atoms with E-state index in [1.54, 1.807) is 24.3 Å². The quantitative estimate of drug-likeness (QED) is 0.838. The number of pyridine rings is 1. The fraction of sp³-hybridized carbons (Fsp3) is 0.0833. The second-order valence-electron chi connectivity index (χ2n) is 3.68. The number of hydrogen-bond donors (Lipinski definition) is 1. The molecule has 1 aromatic carbocycles. The monoisotopic (exact) mass is 248 g/mol. The molecule has 0 saturated carbocycles. The van der Waals surface area contributed by atoms with Crippen LogP contribution in [-0.2, 0) is 15.6 Å². The molecule has 4 nitrogen and oxygen atoms in total. The highest BCUT2D eigenvalue weighted by atomic mass is 32.2. The molecule has 1 heterocycles. The molecule has 0 radical (unpaired) electrons. The van der Waals surface area contributed by atoms with E-state index in [2.05, 4.69) is 4.98 Å². The standard InChI is InChI=1S/C12H12N2O2S/c13-11-3-1-10(2-4-11)9-17(15,16)12-5-7-14-8-6-12/h1-8H,9,13H2. The van der Waals surface area contributed by atoms with E-state index in [0.717, 1.165) is 5.56 Å². The molecule has 88 valence electrons. The number of nitrogen functional groups attached to an aromatic ring is 1. The van der Waals surface area contributed by atoms with Crippen LogP contribution in [0.2, 0.25) is 0 Å². The molecule has 0 fully saturated rings. The van der Waals surface area contributed by atoms with E-state index in [9.17, 15) is 8.42 Å². The van der Waals surface area contributed by atoms with Crippen LogP contribution in [0, 0.1) is 0 Å². The minimum atomic E-state index is -3.31. The van der Waals surface area contributed by atoms with Gasteiger partial charge in [-0.25, -0.2) is 8.42 Å². The van der Waals surface area contributed by atoms with Crippen molar-refractivity contribution < 1.29 is 8.42 Å². The number of rotatable bonds is 3. The average molecular weight is 248 g/mol. The van der Waals surface area contributed by atoms with Gasteiger partial charge in [-0.3, -0.25) is 4.98 Å². The van der Waals surface area contributed by atoms with Crippen molar-refractivity contribution in [1.29, 1.82) is 0 Å². The number of nitrogens with zero attached hydrogens (tertiary/aromatic N) is 1. The molecule has 0 atom stereocenters. The van der Waals surface area contributed by atoms with Gasteiger partial charge in [0.1, 0.15) is 0 Å². The van der Waals surface area contributed by atoms with Gasteiger partial charge in [0.15, 0.2) is 9.84 Å². The van der Waals surface area contributed by atoms with Gasteiger partial charge >= 0.3 is 0 Å². The molecule has 0 aliphatic rings. The van der Waals surface area contributed by atoms with E-state index >= 15 is 0 Å². The molecule has 1 aromatic heterocycles. The van der Waals surface area contributed by atoms with Crippen LogP contribution in [0.3, 0.4) is 0 Å². The average Bonchev–Trinajstić information content (AvgIpc) is 2.33. The predicted octanol–water partition coefficient (Wildman–Crippen LogP) is 1.64. The van der Waals surface area contributed by atoms with Crippen LogP contribution in [0.15, 0.2) is 53.7 Å². The Morgan fingerprint density at radius 1 is 1.00 bits per heavy atom. The van der Waals surface area contributed by atoms with Gasteiger partial charge in [0.05, 0.1) is 10.6 Å². The van der Waals surface area contributed by atoms with Gasteiger partial charge in [-0.2, -0.15) is 0 Å². The molecule has 0 bridgehead atoms. The predicted molar refractivity (Wildman–Crippen MR) is 66.0 cm³/mol. The first kappa shape index (κ1) is 11.6. The van der Waals surface area contributed by atoms with E-state index in [-0.39, 0.29) is 10.6 Å². The number of sulfone groups is 1. The Labute approximate surface area is 100 Å². The van der Waals surface area contributed by atoms with Gasteiger partial charge in [-0.1, -0.05) is 12.1 Å². The third kappa shape index (κ3) is 2.82. The lowest BCUT2D eigenvalue weighted by atomic mass is 10.2. The van der Waals surface area contributed by atoms with Crippen LogP contribution >= 0.6 is 0 Å². The number of anilines is 1. The minimum absolute atomic E-state index is 0.0305. The van der Waals surface area contributed by atoms with Crippen LogP contribution in [-0.4, -0.2) is 13.4 Å². The summed E-state index contributed by atoms with van der Waals surface area (Å²) in [4.78, 5) is 4.08. The topological polar surface area (TPSA) is 73.1 Å². The lowest BCUT2D eigenvalue weighted by Gasteiger charge is -2.04. The summed E-state index contributed by atoms with van der Waals surface area (Å²) in [6, 6.07) is 9.80. The van der Waals surface area contributed by atoms with Gasteiger partial charge in [-0.05, 0) is 29.8 Å².